The van der Waals surface area contributed by atoms with Gasteiger partial charge in [0.05, 0.1) is 0 Å². The largest absolute Gasteiger partial charge is 0.478 e. The minimum atomic E-state index is -0.913. The van der Waals surface area contributed by atoms with Crippen LogP contribution in [0.1, 0.15) is 34.1 Å². The molecule has 1 saturated heterocycles. The smallest absolute Gasteiger partial charge is 0.263 e. The molecule has 0 radical (unpaired) electrons. The van der Waals surface area contributed by atoms with Gasteiger partial charge in [-0.2, -0.15) is 0 Å². The van der Waals surface area contributed by atoms with Crippen molar-refractivity contribution in [2.24, 2.45) is 5.92 Å². The standard InChI is InChI=1S/C18H27ClN2O2/c1-13(2)21-10-9-14(12-21)11-20-17(22)18(3,4)23-16-7-5-15(19)6-8-16/h5-8,13-14H,9-12H2,1-4H3,(H,20,22). The van der Waals surface area contributed by atoms with Gasteiger partial charge in [-0.3, -0.25) is 4.79 Å². The molecule has 1 aromatic carbocycles. The monoisotopic (exact) mass is 338 g/mol. The fraction of sp³-hybridized carbons (Fsp3) is 0.611. The topological polar surface area (TPSA) is 41.6 Å². The van der Waals surface area contributed by atoms with Crippen LogP contribution in [-0.2, 0) is 4.79 Å². The highest BCUT2D eigenvalue weighted by Gasteiger charge is 2.31. The van der Waals surface area contributed by atoms with Crippen molar-refractivity contribution in [1.82, 2.24) is 10.2 Å². The number of rotatable bonds is 6. The molecule has 1 aliphatic heterocycles. The average molecular weight is 339 g/mol. The first-order valence-electron chi connectivity index (χ1n) is 8.25. The van der Waals surface area contributed by atoms with E-state index in [4.69, 9.17) is 16.3 Å². The Labute approximate surface area is 144 Å². The van der Waals surface area contributed by atoms with E-state index in [1.165, 1.54) is 0 Å². The van der Waals surface area contributed by atoms with Crippen molar-refractivity contribution in [2.75, 3.05) is 19.6 Å². The number of amides is 1. The second kappa shape index (κ2) is 7.54. The lowest BCUT2D eigenvalue weighted by atomic mass is 10.1. The number of likely N-dealkylation sites (tertiary alicyclic amines) is 1. The van der Waals surface area contributed by atoms with Gasteiger partial charge >= 0.3 is 0 Å². The minimum absolute atomic E-state index is 0.0875. The van der Waals surface area contributed by atoms with E-state index in [9.17, 15) is 4.79 Å². The molecule has 2 rings (SSSR count). The average Bonchev–Trinajstić information content (AvgIpc) is 2.96. The SMILES string of the molecule is CC(C)N1CCC(CNC(=O)C(C)(C)Oc2ccc(Cl)cc2)C1. The fourth-order valence-electron chi connectivity index (χ4n) is 2.79. The molecular formula is C18H27ClN2O2. The Hall–Kier alpha value is -1.26. The molecule has 0 aliphatic carbocycles. The van der Waals surface area contributed by atoms with Crippen molar-refractivity contribution in [2.45, 2.75) is 45.8 Å². The van der Waals surface area contributed by atoms with Gasteiger partial charge in [0.2, 0.25) is 0 Å². The van der Waals surface area contributed by atoms with Crippen LogP contribution in [0.2, 0.25) is 5.02 Å². The molecule has 5 heteroatoms. The first-order valence-corrected chi connectivity index (χ1v) is 8.62. The number of hydrogen-bond donors (Lipinski definition) is 1. The molecule has 0 bridgehead atoms. The van der Waals surface area contributed by atoms with Crippen LogP contribution in [0.4, 0.5) is 0 Å². The Balaban J connectivity index is 1.83. The summed E-state index contributed by atoms with van der Waals surface area (Å²) in [5, 5.41) is 3.69. The summed E-state index contributed by atoms with van der Waals surface area (Å²) in [6.07, 6.45) is 1.14. The third-order valence-electron chi connectivity index (χ3n) is 4.33. The Kier molecular flexibility index (Phi) is 5.93. The fourth-order valence-corrected chi connectivity index (χ4v) is 2.92. The van der Waals surface area contributed by atoms with Crippen LogP contribution in [-0.4, -0.2) is 42.1 Å². The van der Waals surface area contributed by atoms with Gasteiger partial charge in [0.1, 0.15) is 5.75 Å². The normalized spacial score (nSPS) is 19.1. The van der Waals surface area contributed by atoms with Gasteiger partial charge in [0.15, 0.2) is 5.60 Å². The molecule has 4 nitrogen and oxygen atoms in total. The highest BCUT2D eigenvalue weighted by Crippen LogP contribution is 2.22. The summed E-state index contributed by atoms with van der Waals surface area (Å²) in [5.74, 6) is 1.07. The lowest BCUT2D eigenvalue weighted by molar-refractivity contribution is -0.134. The molecule has 1 fully saturated rings. The molecule has 1 amide bonds. The van der Waals surface area contributed by atoms with Crippen LogP contribution in [0.15, 0.2) is 24.3 Å². The lowest BCUT2D eigenvalue weighted by Gasteiger charge is -2.26. The third-order valence-corrected chi connectivity index (χ3v) is 4.58. The Morgan fingerprint density at radius 3 is 2.61 bits per heavy atom. The summed E-state index contributed by atoms with van der Waals surface area (Å²) in [4.78, 5) is 14.9. The molecule has 1 aliphatic rings. The van der Waals surface area contributed by atoms with Crippen LogP contribution in [0.5, 0.6) is 5.75 Å². The second-order valence-corrected chi connectivity index (χ2v) is 7.46. The van der Waals surface area contributed by atoms with Crippen molar-refractivity contribution in [1.29, 1.82) is 0 Å². The van der Waals surface area contributed by atoms with E-state index >= 15 is 0 Å². The molecule has 0 spiro atoms. The molecule has 0 saturated carbocycles. The van der Waals surface area contributed by atoms with Gasteiger partial charge in [0, 0.05) is 24.2 Å². The molecule has 1 atom stereocenters. The molecular weight excluding hydrogens is 312 g/mol. The molecule has 1 aromatic rings. The maximum absolute atomic E-state index is 12.4. The van der Waals surface area contributed by atoms with Gasteiger partial charge < -0.3 is 15.0 Å². The van der Waals surface area contributed by atoms with E-state index in [0.717, 1.165) is 19.5 Å². The zero-order chi connectivity index (χ0) is 17.0. The molecule has 23 heavy (non-hydrogen) atoms. The van der Waals surface area contributed by atoms with Crippen LogP contribution < -0.4 is 10.1 Å². The number of nitrogens with one attached hydrogen (secondary N) is 1. The first-order chi connectivity index (χ1) is 10.8. The summed E-state index contributed by atoms with van der Waals surface area (Å²) >= 11 is 5.86. The lowest BCUT2D eigenvalue weighted by Crippen LogP contribution is -2.48. The minimum Gasteiger partial charge on any atom is -0.478 e. The highest BCUT2D eigenvalue weighted by atomic mass is 35.5. The summed E-state index contributed by atoms with van der Waals surface area (Å²) in [6, 6.07) is 7.62. The molecule has 1 N–H and O–H groups in total. The number of nitrogens with zero attached hydrogens (tertiary/aromatic N) is 1. The zero-order valence-electron chi connectivity index (χ0n) is 14.4. The molecule has 1 unspecified atom stereocenters. The van der Waals surface area contributed by atoms with E-state index in [2.05, 4.69) is 24.1 Å². The van der Waals surface area contributed by atoms with Crippen LogP contribution in [0, 0.1) is 5.92 Å². The number of benzene rings is 1. The van der Waals surface area contributed by atoms with Gasteiger partial charge in [-0.1, -0.05) is 11.6 Å². The van der Waals surface area contributed by atoms with Crippen LogP contribution in [0.3, 0.4) is 0 Å². The van der Waals surface area contributed by atoms with E-state index in [1.54, 1.807) is 38.1 Å². The summed E-state index contributed by atoms with van der Waals surface area (Å²) in [7, 11) is 0. The van der Waals surface area contributed by atoms with E-state index in [1.807, 2.05) is 0 Å². The molecule has 128 valence electrons. The quantitative estimate of drug-likeness (QED) is 0.865. The van der Waals surface area contributed by atoms with Gasteiger partial charge in [0.25, 0.3) is 5.91 Å². The van der Waals surface area contributed by atoms with E-state index in [-0.39, 0.29) is 5.91 Å². The Morgan fingerprint density at radius 2 is 2.04 bits per heavy atom. The number of ether oxygens (including phenoxy) is 1. The predicted molar refractivity (Wildman–Crippen MR) is 94.0 cm³/mol. The summed E-state index contributed by atoms with van der Waals surface area (Å²) < 4.78 is 5.81. The molecule has 1 heterocycles. The van der Waals surface area contributed by atoms with Crippen molar-refractivity contribution >= 4 is 17.5 Å². The summed E-state index contributed by atoms with van der Waals surface area (Å²) in [6.45, 7) is 10.9. The number of carbonyl (C=O) groups is 1. The zero-order valence-corrected chi connectivity index (χ0v) is 15.2. The number of carbonyl (C=O) groups excluding carboxylic acids is 1. The maximum atomic E-state index is 12.4. The summed E-state index contributed by atoms with van der Waals surface area (Å²) in [5.41, 5.74) is -0.913. The Bertz CT molecular complexity index is 528. The Morgan fingerprint density at radius 1 is 1.39 bits per heavy atom. The highest BCUT2D eigenvalue weighted by molar-refractivity contribution is 6.30. The van der Waals surface area contributed by atoms with Crippen LogP contribution in [0.25, 0.3) is 0 Å². The molecule has 0 aromatic heterocycles. The van der Waals surface area contributed by atoms with Crippen molar-refractivity contribution in [3.63, 3.8) is 0 Å². The van der Waals surface area contributed by atoms with Crippen molar-refractivity contribution in [3.8, 4) is 5.75 Å². The number of hydrogen-bond acceptors (Lipinski definition) is 3. The first kappa shape index (κ1) is 18.1. The maximum Gasteiger partial charge on any atom is 0.263 e. The third kappa shape index (κ3) is 5.11. The second-order valence-electron chi connectivity index (χ2n) is 7.02. The van der Waals surface area contributed by atoms with Gasteiger partial charge in [-0.15, -0.1) is 0 Å². The van der Waals surface area contributed by atoms with Crippen molar-refractivity contribution in [3.05, 3.63) is 29.3 Å². The van der Waals surface area contributed by atoms with E-state index in [0.29, 0.717) is 29.3 Å². The predicted octanol–water partition coefficient (Wildman–Crippen LogP) is 3.34. The van der Waals surface area contributed by atoms with Crippen LogP contribution >= 0.6 is 11.6 Å². The van der Waals surface area contributed by atoms with Gasteiger partial charge in [-0.25, -0.2) is 0 Å². The van der Waals surface area contributed by atoms with Gasteiger partial charge in [-0.05, 0) is 70.8 Å². The van der Waals surface area contributed by atoms with E-state index < -0.39 is 5.60 Å². The van der Waals surface area contributed by atoms with Crippen molar-refractivity contribution < 1.29 is 9.53 Å². The number of halogens is 1.